The quantitative estimate of drug-likeness (QED) is 0.594. The standard InChI is InChI=1S/C22H24ClN3O2S/c1-14-18-20(29-19(14)22(28)25(2)16-9-4-3-5-10-16)24-13-26(21(18)27)12-15-8-6-7-11-17(15)23/h6-8,11,13,16H,3-5,9-10,12H2,1-2H3. The Hall–Kier alpha value is -2.18. The summed E-state index contributed by atoms with van der Waals surface area (Å²) in [5, 5.41) is 1.15. The van der Waals surface area contributed by atoms with Crippen LogP contribution in [0.1, 0.15) is 52.9 Å². The molecule has 29 heavy (non-hydrogen) atoms. The molecule has 1 aliphatic carbocycles. The number of benzene rings is 1. The van der Waals surface area contributed by atoms with Crippen LogP contribution in [0.2, 0.25) is 5.02 Å². The summed E-state index contributed by atoms with van der Waals surface area (Å²) in [4.78, 5) is 33.8. The first-order valence-corrected chi connectivity index (χ1v) is 11.2. The first-order valence-electron chi connectivity index (χ1n) is 9.96. The molecule has 0 unspecified atom stereocenters. The van der Waals surface area contributed by atoms with E-state index in [2.05, 4.69) is 4.98 Å². The minimum Gasteiger partial charge on any atom is -0.338 e. The lowest BCUT2D eigenvalue weighted by Crippen LogP contribution is -2.38. The van der Waals surface area contributed by atoms with E-state index in [1.165, 1.54) is 30.6 Å². The van der Waals surface area contributed by atoms with Crippen LogP contribution in [0.3, 0.4) is 0 Å². The molecule has 152 valence electrons. The molecule has 1 saturated carbocycles. The Morgan fingerprint density at radius 1 is 1.28 bits per heavy atom. The first kappa shape index (κ1) is 20.1. The maximum Gasteiger partial charge on any atom is 0.264 e. The number of nitrogens with zero attached hydrogens (tertiary/aromatic N) is 3. The summed E-state index contributed by atoms with van der Waals surface area (Å²) in [6.07, 6.45) is 7.23. The molecule has 0 radical (unpaired) electrons. The Morgan fingerprint density at radius 3 is 2.72 bits per heavy atom. The molecule has 1 amide bonds. The molecule has 1 aliphatic rings. The van der Waals surface area contributed by atoms with E-state index in [1.807, 2.05) is 43.1 Å². The Labute approximate surface area is 178 Å². The number of carbonyl (C=O) groups excluding carboxylic acids is 1. The molecule has 0 bridgehead atoms. The van der Waals surface area contributed by atoms with Crippen LogP contribution in [0.25, 0.3) is 10.2 Å². The van der Waals surface area contributed by atoms with Gasteiger partial charge in [-0.05, 0) is 37.0 Å². The van der Waals surface area contributed by atoms with Crippen LogP contribution >= 0.6 is 22.9 Å². The van der Waals surface area contributed by atoms with Gasteiger partial charge >= 0.3 is 0 Å². The third-order valence-electron chi connectivity index (χ3n) is 5.85. The van der Waals surface area contributed by atoms with Gasteiger partial charge in [0.1, 0.15) is 4.83 Å². The highest BCUT2D eigenvalue weighted by Crippen LogP contribution is 2.30. The Morgan fingerprint density at radius 2 is 2.00 bits per heavy atom. The van der Waals surface area contributed by atoms with Crippen molar-refractivity contribution in [1.29, 1.82) is 0 Å². The maximum absolute atomic E-state index is 13.1. The maximum atomic E-state index is 13.1. The molecule has 0 atom stereocenters. The largest absolute Gasteiger partial charge is 0.338 e. The first-order chi connectivity index (χ1) is 14.0. The second-order valence-corrected chi connectivity index (χ2v) is 9.12. The predicted molar refractivity (Wildman–Crippen MR) is 118 cm³/mol. The zero-order valence-electron chi connectivity index (χ0n) is 16.7. The van der Waals surface area contributed by atoms with Crippen LogP contribution in [0, 0.1) is 6.92 Å². The van der Waals surface area contributed by atoms with E-state index < -0.39 is 0 Å². The zero-order chi connectivity index (χ0) is 20.5. The topological polar surface area (TPSA) is 55.2 Å². The Kier molecular flexibility index (Phi) is 5.74. The van der Waals surface area contributed by atoms with Gasteiger partial charge in [-0.25, -0.2) is 4.98 Å². The second-order valence-electron chi connectivity index (χ2n) is 7.71. The van der Waals surface area contributed by atoms with Gasteiger partial charge in [0.05, 0.1) is 23.1 Å². The van der Waals surface area contributed by atoms with Gasteiger partial charge in [-0.2, -0.15) is 0 Å². The van der Waals surface area contributed by atoms with Crippen molar-refractivity contribution in [1.82, 2.24) is 14.5 Å². The highest BCUT2D eigenvalue weighted by Gasteiger charge is 2.27. The number of aromatic nitrogens is 2. The van der Waals surface area contributed by atoms with Gasteiger partial charge < -0.3 is 4.90 Å². The van der Waals surface area contributed by atoms with Crippen molar-refractivity contribution in [3.63, 3.8) is 0 Å². The molecule has 0 N–H and O–H groups in total. The fraction of sp³-hybridized carbons (Fsp3) is 0.409. The van der Waals surface area contributed by atoms with Crippen molar-refractivity contribution in [2.75, 3.05) is 7.05 Å². The van der Waals surface area contributed by atoms with E-state index in [0.29, 0.717) is 26.7 Å². The van der Waals surface area contributed by atoms with E-state index in [0.717, 1.165) is 24.0 Å². The van der Waals surface area contributed by atoms with Crippen LogP contribution < -0.4 is 5.56 Å². The fourth-order valence-electron chi connectivity index (χ4n) is 4.08. The number of hydrogen-bond donors (Lipinski definition) is 0. The number of carbonyl (C=O) groups is 1. The van der Waals surface area contributed by atoms with Crippen LogP contribution in [0.4, 0.5) is 0 Å². The number of amides is 1. The summed E-state index contributed by atoms with van der Waals surface area (Å²) >= 11 is 7.56. The van der Waals surface area contributed by atoms with Gasteiger partial charge in [-0.1, -0.05) is 49.1 Å². The molecular weight excluding hydrogens is 406 g/mol. The molecule has 0 saturated heterocycles. The number of rotatable bonds is 4. The van der Waals surface area contributed by atoms with Gasteiger partial charge in [-0.15, -0.1) is 11.3 Å². The minimum absolute atomic E-state index is 0.00514. The summed E-state index contributed by atoms with van der Waals surface area (Å²) in [6.45, 7) is 2.20. The average molecular weight is 430 g/mol. The summed E-state index contributed by atoms with van der Waals surface area (Å²) in [6, 6.07) is 7.74. The zero-order valence-corrected chi connectivity index (χ0v) is 18.2. The van der Waals surface area contributed by atoms with Crippen LogP contribution in [0.15, 0.2) is 35.4 Å². The molecule has 0 aliphatic heterocycles. The molecule has 3 aromatic rings. The second kappa shape index (κ2) is 8.28. The Bertz CT molecular complexity index is 1110. The molecule has 2 aromatic heterocycles. The number of thiophene rings is 1. The normalized spacial score (nSPS) is 15.0. The lowest BCUT2D eigenvalue weighted by atomic mass is 9.94. The van der Waals surface area contributed by atoms with E-state index in [1.54, 1.807) is 10.9 Å². The van der Waals surface area contributed by atoms with Gasteiger partial charge in [0, 0.05) is 18.1 Å². The third-order valence-corrected chi connectivity index (χ3v) is 7.41. The molecule has 5 nitrogen and oxygen atoms in total. The molecule has 0 spiro atoms. The predicted octanol–water partition coefficient (Wildman–Crippen LogP) is 4.87. The third kappa shape index (κ3) is 3.83. The molecular formula is C22H24ClN3O2S. The van der Waals surface area contributed by atoms with Crippen LogP contribution in [0.5, 0.6) is 0 Å². The fourth-order valence-corrected chi connectivity index (χ4v) is 5.40. The van der Waals surface area contributed by atoms with Gasteiger partial charge in [0.25, 0.3) is 11.5 Å². The van der Waals surface area contributed by atoms with E-state index >= 15 is 0 Å². The summed E-state index contributed by atoms with van der Waals surface area (Å²) in [5.74, 6) is -0.00514. The highest BCUT2D eigenvalue weighted by molar-refractivity contribution is 7.20. The SMILES string of the molecule is Cc1c(C(=O)N(C)C2CCCCC2)sc2ncn(Cc3ccccc3Cl)c(=O)c12. The number of hydrogen-bond acceptors (Lipinski definition) is 4. The van der Waals surface area contributed by atoms with Crippen molar-refractivity contribution in [3.8, 4) is 0 Å². The number of halogens is 1. The van der Waals surface area contributed by atoms with Crippen molar-refractivity contribution < 1.29 is 4.79 Å². The molecule has 2 heterocycles. The summed E-state index contributed by atoms with van der Waals surface area (Å²) in [7, 11) is 1.88. The van der Waals surface area contributed by atoms with Gasteiger partial charge in [-0.3, -0.25) is 14.2 Å². The van der Waals surface area contributed by atoms with Crippen molar-refractivity contribution >= 4 is 39.1 Å². The smallest absolute Gasteiger partial charge is 0.264 e. The van der Waals surface area contributed by atoms with Crippen molar-refractivity contribution in [2.24, 2.45) is 0 Å². The van der Waals surface area contributed by atoms with Crippen molar-refractivity contribution in [3.05, 3.63) is 62.0 Å². The van der Waals surface area contributed by atoms with E-state index in [9.17, 15) is 9.59 Å². The Balaban J connectivity index is 1.68. The van der Waals surface area contributed by atoms with Gasteiger partial charge in [0.15, 0.2) is 0 Å². The van der Waals surface area contributed by atoms with Gasteiger partial charge in [0.2, 0.25) is 0 Å². The van der Waals surface area contributed by atoms with E-state index in [4.69, 9.17) is 11.6 Å². The minimum atomic E-state index is -0.136. The molecule has 4 rings (SSSR count). The number of aryl methyl sites for hydroxylation is 1. The highest BCUT2D eigenvalue weighted by atomic mass is 35.5. The lowest BCUT2D eigenvalue weighted by Gasteiger charge is -2.31. The summed E-state index contributed by atoms with van der Waals surface area (Å²) < 4.78 is 1.56. The monoisotopic (exact) mass is 429 g/mol. The molecule has 1 fully saturated rings. The molecule has 1 aromatic carbocycles. The molecule has 7 heteroatoms. The number of fused-ring (bicyclic) bond motifs is 1. The lowest BCUT2D eigenvalue weighted by molar-refractivity contribution is 0.0700. The van der Waals surface area contributed by atoms with E-state index in [-0.39, 0.29) is 17.5 Å². The van der Waals surface area contributed by atoms with Crippen molar-refractivity contribution in [2.45, 2.75) is 51.6 Å². The summed E-state index contributed by atoms with van der Waals surface area (Å²) in [5.41, 5.74) is 1.45. The average Bonchev–Trinajstić information content (AvgIpc) is 3.08. The van der Waals surface area contributed by atoms with Crippen LogP contribution in [-0.2, 0) is 6.54 Å². The van der Waals surface area contributed by atoms with Crippen LogP contribution in [-0.4, -0.2) is 33.4 Å².